The van der Waals surface area contributed by atoms with E-state index in [1.54, 1.807) is 30.9 Å². The first kappa shape index (κ1) is 14.6. The van der Waals surface area contributed by atoms with E-state index in [2.05, 4.69) is 20.2 Å². The standard InChI is InChI=1S/C16H20N4O2/c1-12-4-9-22-15(12)16(21)19-10-13-2-7-20(8-3-13)14-11-17-5-6-18-14/h4-6,9,11,13H,2-3,7-8,10H2,1H3,(H,19,21). The Morgan fingerprint density at radius 3 is 2.86 bits per heavy atom. The van der Waals surface area contributed by atoms with E-state index < -0.39 is 0 Å². The maximum atomic E-state index is 12.0. The third-order valence-corrected chi connectivity index (χ3v) is 4.11. The highest BCUT2D eigenvalue weighted by Crippen LogP contribution is 2.20. The van der Waals surface area contributed by atoms with Crippen LogP contribution in [0.5, 0.6) is 0 Å². The number of nitrogens with zero attached hydrogens (tertiary/aromatic N) is 3. The van der Waals surface area contributed by atoms with Gasteiger partial charge in [0.15, 0.2) is 5.76 Å². The lowest BCUT2D eigenvalue weighted by Gasteiger charge is -2.32. The van der Waals surface area contributed by atoms with E-state index in [1.807, 2.05) is 6.92 Å². The molecule has 2 aromatic rings. The van der Waals surface area contributed by atoms with E-state index in [1.165, 1.54) is 0 Å². The number of piperidine rings is 1. The summed E-state index contributed by atoms with van der Waals surface area (Å²) in [4.78, 5) is 22.7. The lowest BCUT2D eigenvalue weighted by Crippen LogP contribution is -2.39. The van der Waals surface area contributed by atoms with Crippen LogP contribution < -0.4 is 10.2 Å². The van der Waals surface area contributed by atoms with Crippen LogP contribution in [0.1, 0.15) is 29.0 Å². The molecule has 116 valence electrons. The predicted molar refractivity (Wildman–Crippen MR) is 82.7 cm³/mol. The molecule has 6 heteroatoms. The van der Waals surface area contributed by atoms with E-state index in [9.17, 15) is 4.79 Å². The smallest absolute Gasteiger partial charge is 0.287 e. The van der Waals surface area contributed by atoms with E-state index in [0.717, 1.165) is 37.3 Å². The van der Waals surface area contributed by atoms with Crippen LogP contribution in [-0.4, -0.2) is 35.5 Å². The van der Waals surface area contributed by atoms with Crippen LogP contribution in [0, 0.1) is 12.8 Å². The van der Waals surface area contributed by atoms with Gasteiger partial charge in [0.2, 0.25) is 0 Å². The van der Waals surface area contributed by atoms with Crippen LogP contribution in [0.2, 0.25) is 0 Å². The number of rotatable bonds is 4. The second kappa shape index (κ2) is 6.60. The van der Waals surface area contributed by atoms with E-state index in [4.69, 9.17) is 4.42 Å². The number of amides is 1. The predicted octanol–water partition coefficient (Wildman–Crippen LogP) is 2.02. The van der Waals surface area contributed by atoms with Crippen LogP contribution in [0.15, 0.2) is 35.3 Å². The van der Waals surface area contributed by atoms with Gasteiger partial charge >= 0.3 is 0 Å². The van der Waals surface area contributed by atoms with Crippen molar-refractivity contribution in [2.45, 2.75) is 19.8 Å². The summed E-state index contributed by atoms with van der Waals surface area (Å²) >= 11 is 0. The average Bonchev–Trinajstić information content (AvgIpc) is 3.00. The van der Waals surface area contributed by atoms with Crippen molar-refractivity contribution in [2.75, 3.05) is 24.5 Å². The van der Waals surface area contributed by atoms with Crippen molar-refractivity contribution in [3.05, 3.63) is 42.2 Å². The first-order valence-electron chi connectivity index (χ1n) is 7.57. The Bertz CT molecular complexity index is 618. The molecule has 0 unspecified atom stereocenters. The van der Waals surface area contributed by atoms with Gasteiger partial charge in [0.05, 0.1) is 12.5 Å². The fraction of sp³-hybridized carbons (Fsp3) is 0.438. The van der Waals surface area contributed by atoms with Crippen molar-refractivity contribution in [3.8, 4) is 0 Å². The molecule has 0 aliphatic carbocycles. The van der Waals surface area contributed by atoms with Crippen LogP contribution in [0.4, 0.5) is 5.82 Å². The second-order valence-corrected chi connectivity index (χ2v) is 5.64. The maximum absolute atomic E-state index is 12.0. The van der Waals surface area contributed by atoms with Crippen molar-refractivity contribution in [1.29, 1.82) is 0 Å². The molecular formula is C16H20N4O2. The number of anilines is 1. The molecular weight excluding hydrogens is 280 g/mol. The minimum atomic E-state index is -0.126. The molecule has 1 amide bonds. The van der Waals surface area contributed by atoms with Gasteiger partial charge in [0, 0.05) is 37.6 Å². The number of hydrogen-bond donors (Lipinski definition) is 1. The molecule has 0 radical (unpaired) electrons. The van der Waals surface area contributed by atoms with Gasteiger partial charge in [-0.25, -0.2) is 4.98 Å². The lowest BCUT2D eigenvalue weighted by molar-refractivity contribution is 0.0916. The fourth-order valence-electron chi connectivity index (χ4n) is 2.74. The molecule has 1 N–H and O–H groups in total. The fourth-order valence-corrected chi connectivity index (χ4v) is 2.74. The van der Waals surface area contributed by atoms with Gasteiger partial charge in [-0.1, -0.05) is 0 Å². The summed E-state index contributed by atoms with van der Waals surface area (Å²) in [6, 6.07) is 1.80. The molecule has 0 aromatic carbocycles. The van der Waals surface area contributed by atoms with Gasteiger partial charge in [-0.15, -0.1) is 0 Å². The number of aromatic nitrogens is 2. The lowest BCUT2D eigenvalue weighted by atomic mass is 9.97. The summed E-state index contributed by atoms with van der Waals surface area (Å²) < 4.78 is 5.21. The van der Waals surface area contributed by atoms with Crippen molar-refractivity contribution in [2.24, 2.45) is 5.92 Å². The number of carbonyl (C=O) groups is 1. The Morgan fingerprint density at radius 1 is 1.41 bits per heavy atom. The largest absolute Gasteiger partial charge is 0.459 e. The highest BCUT2D eigenvalue weighted by molar-refractivity contribution is 5.92. The van der Waals surface area contributed by atoms with Gasteiger partial charge in [0.1, 0.15) is 5.82 Å². The Balaban J connectivity index is 1.46. The van der Waals surface area contributed by atoms with E-state index >= 15 is 0 Å². The molecule has 0 spiro atoms. The van der Waals surface area contributed by atoms with Crippen LogP contribution >= 0.6 is 0 Å². The summed E-state index contributed by atoms with van der Waals surface area (Å²) in [7, 11) is 0. The first-order chi connectivity index (χ1) is 10.7. The normalized spacial score (nSPS) is 15.8. The van der Waals surface area contributed by atoms with Crippen molar-refractivity contribution >= 4 is 11.7 Å². The summed E-state index contributed by atoms with van der Waals surface area (Å²) in [5, 5.41) is 2.97. The number of carbonyl (C=O) groups excluding carboxylic acids is 1. The average molecular weight is 300 g/mol. The van der Waals surface area contributed by atoms with Gasteiger partial charge < -0.3 is 14.6 Å². The zero-order valence-electron chi connectivity index (χ0n) is 12.7. The molecule has 6 nitrogen and oxygen atoms in total. The van der Waals surface area contributed by atoms with Crippen LogP contribution in [0.3, 0.4) is 0 Å². The van der Waals surface area contributed by atoms with Gasteiger partial charge in [-0.05, 0) is 31.7 Å². The maximum Gasteiger partial charge on any atom is 0.287 e. The van der Waals surface area contributed by atoms with Gasteiger partial charge in [0.25, 0.3) is 5.91 Å². The molecule has 1 fully saturated rings. The zero-order valence-corrected chi connectivity index (χ0v) is 12.7. The highest BCUT2D eigenvalue weighted by atomic mass is 16.3. The molecule has 1 aliphatic heterocycles. The minimum absolute atomic E-state index is 0.126. The molecule has 2 aromatic heterocycles. The molecule has 1 saturated heterocycles. The Morgan fingerprint density at radius 2 is 2.23 bits per heavy atom. The van der Waals surface area contributed by atoms with E-state index in [-0.39, 0.29) is 5.91 Å². The van der Waals surface area contributed by atoms with E-state index in [0.29, 0.717) is 18.2 Å². The van der Waals surface area contributed by atoms with Crippen molar-refractivity contribution in [1.82, 2.24) is 15.3 Å². The molecule has 0 saturated carbocycles. The third-order valence-electron chi connectivity index (χ3n) is 4.11. The molecule has 3 heterocycles. The number of nitrogens with one attached hydrogen (secondary N) is 1. The molecule has 0 bridgehead atoms. The Hall–Kier alpha value is -2.37. The number of hydrogen-bond acceptors (Lipinski definition) is 5. The zero-order chi connectivity index (χ0) is 15.4. The third kappa shape index (κ3) is 3.27. The minimum Gasteiger partial charge on any atom is -0.459 e. The number of aryl methyl sites for hydroxylation is 1. The Labute approximate surface area is 129 Å². The molecule has 1 aliphatic rings. The van der Waals surface area contributed by atoms with Gasteiger partial charge in [-0.3, -0.25) is 9.78 Å². The molecule has 22 heavy (non-hydrogen) atoms. The summed E-state index contributed by atoms with van der Waals surface area (Å²) in [5.41, 5.74) is 0.870. The highest BCUT2D eigenvalue weighted by Gasteiger charge is 2.21. The van der Waals surface area contributed by atoms with Crippen molar-refractivity contribution in [3.63, 3.8) is 0 Å². The van der Waals surface area contributed by atoms with Crippen LogP contribution in [0.25, 0.3) is 0 Å². The topological polar surface area (TPSA) is 71.3 Å². The summed E-state index contributed by atoms with van der Waals surface area (Å²) in [6.07, 6.45) is 8.81. The molecule has 0 atom stereocenters. The monoisotopic (exact) mass is 300 g/mol. The summed E-state index contributed by atoms with van der Waals surface area (Å²) in [5.74, 6) is 1.71. The summed E-state index contributed by atoms with van der Waals surface area (Å²) in [6.45, 7) is 4.45. The quantitative estimate of drug-likeness (QED) is 0.935. The molecule has 3 rings (SSSR count). The first-order valence-corrected chi connectivity index (χ1v) is 7.57. The van der Waals surface area contributed by atoms with Crippen LogP contribution in [-0.2, 0) is 0 Å². The van der Waals surface area contributed by atoms with Crippen molar-refractivity contribution < 1.29 is 9.21 Å². The SMILES string of the molecule is Cc1ccoc1C(=O)NCC1CCN(c2cnccn2)CC1. The van der Waals surface area contributed by atoms with Gasteiger partial charge in [-0.2, -0.15) is 0 Å². The number of furan rings is 1. The Kier molecular flexibility index (Phi) is 4.37. The second-order valence-electron chi connectivity index (χ2n) is 5.64.